The van der Waals surface area contributed by atoms with Gasteiger partial charge in [0, 0.05) is 102 Å². The van der Waals surface area contributed by atoms with Gasteiger partial charge in [-0.2, -0.15) is 54.1 Å². The maximum Gasteiger partial charge on any atom is 0.347 e. The number of aromatic amines is 1. The molecule has 0 aliphatic carbocycles. The molecule has 0 saturated carbocycles. The summed E-state index contributed by atoms with van der Waals surface area (Å²) in [6.07, 6.45) is 2.85. The van der Waals surface area contributed by atoms with Crippen LogP contribution in [0.3, 0.4) is 0 Å². The summed E-state index contributed by atoms with van der Waals surface area (Å²) >= 11 is 7.23. The van der Waals surface area contributed by atoms with Crippen LogP contribution in [0.5, 0.6) is 0 Å². The summed E-state index contributed by atoms with van der Waals surface area (Å²) in [5.41, 5.74) is 11.0. The molecule has 4 saturated heterocycles. The largest absolute Gasteiger partial charge is 0.347 e. The van der Waals surface area contributed by atoms with Crippen LogP contribution in [0.1, 0.15) is 128 Å². The summed E-state index contributed by atoms with van der Waals surface area (Å²) in [7, 11) is -10.2. The van der Waals surface area contributed by atoms with Crippen molar-refractivity contribution in [2.75, 3.05) is 70.7 Å². The van der Waals surface area contributed by atoms with Crippen LogP contribution < -0.4 is 61.4 Å². The van der Waals surface area contributed by atoms with E-state index < -0.39 is 89.1 Å². The summed E-state index contributed by atoms with van der Waals surface area (Å²) in [6, 6.07) is 55.8. The van der Waals surface area contributed by atoms with Crippen molar-refractivity contribution in [1.29, 1.82) is 0 Å². The topological polar surface area (TPSA) is 582 Å². The van der Waals surface area contributed by atoms with E-state index in [0.717, 1.165) is 82.8 Å². The van der Waals surface area contributed by atoms with Gasteiger partial charge in [0.15, 0.2) is 5.13 Å². The number of carbonyl (C=O) groups excluding carboxylic acids is 8. The number of hydrogen-bond donors (Lipinski definition) is 13. The van der Waals surface area contributed by atoms with Crippen molar-refractivity contribution >= 4 is 169 Å². The molecular formula is C94H106ClN33O16S5. The van der Waals surface area contributed by atoms with E-state index in [4.69, 9.17) is 21.8 Å². The van der Waals surface area contributed by atoms with Gasteiger partial charge >= 0.3 is 89.1 Å². The monoisotopic (exact) mass is 2150 g/mol. The Morgan fingerprint density at radius 3 is 1.01 bits per heavy atom. The number of hydrogen-bond acceptors (Lipinski definition) is 25. The summed E-state index contributed by atoms with van der Waals surface area (Å²) in [6.45, 7) is 24.1. The van der Waals surface area contributed by atoms with Crippen LogP contribution in [0.15, 0.2) is 224 Å². The van der Waals surface area contributed by atoms with Gasteiger partial charge in [-0.3, -0.25) is 37.2 Å². The molecule has 4 fully saturated rings. The molecule has 16 amide bonds. The molecule has 7 aromatic carbocycles. The SMILES string of the molecule is CN1C(=O)NS(=O)(=O)N1Cc1ccc(-n2nc(C(C)(C)C)cc2NC(=O)Nc2ccc(Cl)cc2)cc1.CN1C(=O)NS(=O)(=O)N1Cc1ccc(-n2nc(C(C)(C)C)cc2NC(=O)Nc2ccncn2)cc1.CN1C(=O)NS(=O)(=O)N1Cc1ccc(-n2nc(C(C)(C)C)cc2NC(=O)Nc2nc(-c3ccccc3)cs2)cc1.CN1C(=O)NS(=O)(=O)N1Cc1ccc(-n2nc(C(C)(C)C)cc2NC(=O)Nc2nc3ccccc3[nH]2)cc1. The molecule has 149 heavy (non-hydrogen) atoms. The number of H-pyrrole nitrogens is 1. The van der Waals surface area contributed by atoms with Crippen LogP contribution in [0.2, 0.25) is 5.02 Å². The molecule has 4 aliphatic rings. The smallest absolute Gasteiger partial charge is 0.324 e. The number of benzene rings is 7. The minimum absolute atomic E-state index is 0.0290. The molecule has 11 heterocycles. The fourth-order valence-corrected chi connectivity index (χ4v) is 20.0. The summed E-state index contributed by atoms with van der Waals surface area (Å²) in [4.78, 5) is 118. The maximum absolute atomic E-state index is 12.9. The Labute approximate surface area is 865 Å². The van der Waals surface area contributed by atoms with Crippen LogP contribution in [0.25, 0.3) is 45.0 Å². The van der Waals surface area contributed by atoms with Crippen molar-refractivity contribution < 1.29 is 72.0 Å². The molecule has 0 unspecified atom stereocenters. The number of anilines is 8. The maximum atomic E-state index is 12.9. The number of fused-ring (bicyclic) bond motifs is 1. The Morgan fingerprint density at radius 2 is 0.691 bits per heavy atom. The fourth-order valence-electron chi connectivity index (χ4n) is 14.5. The summed E-state index contributed by atoms with van der Waals surface area (Å²) < 4.78 is 115. The van der Waals surface area contributed by atoms with Crippen molar-refractivity contribution in [2.45, 2.75) is 131 Å². The number of imidazole rings is 1. The van der Waals surface area contributed by atoms with E-state index in [1.807, 2.05) is 168 Å². The first kappa shape index (κ1) is 107. The third-order valence-electron chi connectivity index (χ3n) is 22.7. The van der Waals surface area contributed by atoms with Gasteiger partial charge in [-0.25, -0.2) is 116 Å². The van der Waals surface area contributed by atoms with Crippen LogP contribution in [0, 0.1) is 0 Å². The second-order valence-electron chi connectivity index (χ2n) is 38.1. The number of hydrazine groups is 4. The average molecular weight is 2150 g/mol. The van der Waals surface area contributed by atoms with E-state index in [-0.39, 0.29) is 47.8 Å². The molecule has 780 valence electrons. The van der Waals surface area contributed by atoms with E-state index >= 15 is 0 Å². The number of amides is 16. The Balaban J connectivity index is 0.000000149. The van der Waals surface area contributed by atoms with Gasteiger partial charge in [-0.05, 0) is 113 Å². The van der Waals surface area contributed by atoms with Gasteiger partial charge in [0.05, 0.1) is 88.4 Å². The van der Waals surface area contributed by atoms with Gasteiger partial charge in [0.2, 0.25) is 5.95 Å². The van der Waals surface area contributed by atoms with E-state index in [1.165, 1.54) is 52.1 Å². The second-order valence-corrected chi connectivity index (χ2v) is 45.7. The molecule has 18 rings (SSSR count). The normalized spacial score (nSPS) is 15.5. The Hall–Kier alpha value is -16.4. The number of rotatable bonds is 21. The average Bonchev–Trinajstić information content (AvgIpc) is 1.65. The van der Waals surface area contributed by atoms with Crippen LogP contribution >= 0.6 is 22.9 Å². The van der Waals surface area contributed by atoms with Crippen LogP contribution in [-0.2, 0) is 88.7 Å². The minimum Gasteiger partial charge on any atom is -0.324 e. The first-order valence-electron chi connectivity index (χ1n) is 45.5. The molecule has 4 aliphatic heterocycles. The lowest BCUT2D eigenvalue weighted by Crippen LogP contribution is -2.36. The fraction of sp³-hybridized carbons (Fsp3) is 0.255. The van der Waals surface area contributed by atoms with Gasteiger partial charge in [-0.1, -0.05) is 203 Å². The van der Waals surface area contributed by atoms with Gasteiger partial charge in [0.1, 0.15) is 35.4 Å². The van der Waals surface area contributed by atoms with Gasteiger partial charge in [0.25, 0.3) is 0 Å². The highest BCUT2D eigenvalue weighted by Crippen LogP contribution is 2.35. The molecule has 0 radical (unpaired) electrons. The highest BCUT2D eigenvalue weighted by Gasteiger charge is 2.43. The van der Waals surface area contributed by atoms with Crippen LogP contribution in [-0.4, -0.2) is 212 Å². The van der Waals surface area contributed by atoms with E-state index in [0.29, 0.717) is 95.9 Å². The van der Waals surface area contributed by atoms with Crippen molar-refractivity contribution in [1.82, 2.24) is 121 Å². The molecule has 7 aromatic heterocycles. The zero-order valence-electron chi connectivity index (χ0n) is 83.1. The number of aromatic nitrogens is 13. The standard InChI is InChI=1S/C26H28N8O4S2.C24H27N9O4S.C23H26ClN7O4S.C21H25N9O4S/c1-26(2,3)21-14-22(28-23(35)29-24-27-20(16-39-24)18-8-6-5-7-9-18)34(30-21)19-12-10-17(11-13-19)15-33-32(4)25(36)31-40(33,37)38;1-24(2,3)19-13-20(27-22(34)28-21-25-17-7-5-6-8-18(17)26-21)33(29-19)16-11-9-15(10-12-16)14-32-31(4)23(35)30-38(32,36)37;1-23(2,3)19-13-20(26-21(32)25-17-9-7-16(24)8-10-17)31(27-19)18-11-5-15(6-12-18)14-30-29(4)22(33)28-36(30,34)35;1-21(2,3)16-11-18(25-19(31)24-17-9-10-22-13-23-17)30(26-16)15-7-5-14(6-8-15)12-29-28(4)20(32)27-35(29,33)34/h5-14,16H,15H2,1-4H3,(H,31,36)(H2,27,28,29,35);5-13H,14H2,1-4H3,(H,30,35)(H3,25,26,27,28,34);5-13H,14H2,1-4H3,(H,28,33)(H2,25,26,32);5-11,13H,12H2,1-4H3,(H,27,32)(H2,22,23,24,25,31). The molecule has 0 atom stereocenters. The quantitative estimate of drug-likeness (QED) is 0.0318. The number of urea groups is 8. The summed E-state index contributed by atoms with van der Waals surface area (Å²) in [5.74, 6) is 2.44. The molecule has 0 spiro atoms. The lowest BCUT2D eigenvalue weighted by Gasteiger charge is -2.20. The van der Waals surface area contributed by atoms with E-state index in [1.54, 1.807) is 164 Å². The van der Waals surface area contributed by atoms with Crippen molar-refractivity contribution in [3.8, 4) is 34.0 Å². The molecule has 14 aromatic rings. The number of halogens is 1. The molecular weight excluding hydrogens is 2040 g/mol. The molecule has 55 heteroatoms. The third-order valence-corrected chi connectivity index (χ3v) is 29.2. The first-order valence-corrected chi connectivity index (χ1v) is 52.5. The lowest BCUT2D eigenvalue weighted by molar-refractivity contribution is 0.132. The van der Waals surface area contributed by atoms with E-state index in [9.17, 15) is 72.0 Å². The molecule has 0 bridgehead atoms. The number of para-hydroxylation sites is 2. The van der Waals surface area contributed by atoms with Gasteiger partial charge in [-0.15, -0.1) is 11.3 Å². The third kappa shape index (κ3) is 25.7. The van der Waals surface area contributed by atoms with Crippen molar-refractivity contribution in [2.24, 2.45) is 0 Å². The van der Waals surface area contributed by atoms with Crippen molar-refractivity contribution in [3.63, 3.8) is 0 Å². The van der Waals surface area contributed by atoms with Gasteiger partial charge < -0.3 is 10.3 Å². The Morgan fingerprint density at radius 1 is 0.369 bits per heavy atom. The zero-order chi connectivity index (χ0) is 108. The zero-order valence-corrected chi connectivity index (χ0v) is 87.9. The number of thiazole rings is 1. The van der Waals surface area contributed by atoms with E-state index in [2.05, 4.69) is 77.7 Å². The predicted octanol–water partition coefficient (Wildman–Crippen LogP) is 14.2. The Kier molecular flexibility index (Phi) is 30.6. The molecule has 49 nitrogen and oxygen atoms in total. The second kappa shape index (κ2) is 42.6. The highest BCUT2D eigenvalue weighted by atomic mass is 35.5. The van der Waals surface area contributed by atoms with Crippen molar-refractivity contribution in [3.05, 3.63) is 274 Å². The Bertz CT molecular complexity index is 7850. The minimum atomic E-state index is -3.94. The first-order chi connectivity index (χ1) is 70.1. The highest BCUT2D eigenvalue weighted by molar-refractivity contribution is 7.88. The number of nitrogens with zero attached hydrogens (tertiary/aromatic N) is 20. The molecule has 13 N–H and O–H groups in total. The number of nitrogens with one attached hydrogen (secondary N) is 13. The lowest BCUT2D eigenvalue weighted by atomic mass is 9.92. The number of carbonyl (C=O) groups is 8. The van der Waals surface area contributed by atoms with Crippen LogP contribution in [0.4, 0.5) is 84.2 Å². The summed E-state index contributed by atoms with van der Waals surface area (Å²) in [5, 5.41) is 48.0. The predicted molar refractivity (Wildman–Crippen MR) is 560 cm³/mol.